The second-order valence-corrected chi connectivity index (χ2v) is 5.86. The van der Waals surface area contributed by atoms with E-state index >= 15 is 0 Å². The highest BCUT2D eigenvalue weighted by Gasteiger charge is 2.41. The molecule has 0 aliphatic carbocycles. The summed E-state index contributed by atoms with van der Waals surface area (Å²) in [5.74, 6) is 0. The SMILES string of the molecule is O=C(NCCC1(O)CCCOC1)N1C[C@@H]2C[C@H]1CO2. The Labute approximate surface area is 113 Å². The van der Waals surface area contributed by atoms with E-state index in [0.717, 1.165) is 25.9 Å². The smallest absolute Gasteiger partial charge is 0.317 e. The largest absolute Gasteiger partial charge is 0.387 e. The van der Waals surface area contributed by atoms with Crippen LogP contribution in [0.15, 0.2) is 0 Å². The van der Waals surface area contributed by atoms with Crippen LogP contribution in [0.1, 0.15) is 25.7 Å². The molecule has 2 bridgehead atoms. The molecule has 2 N–H and O–H groups in total. The predicted molar refractivity (Wildman–Crippen MR) is 67.9 cm³/mol. The maximum atomic E-state index is 12.0. The lowest BCUT2D eigenvalue weighted by Crippen LogP contribution is -2.48. The first kappa shape index (κ1) is 13.1. The quantitative estimate of drug-likeness (QED) is 0.763. The topological polar surface area (TPSA) is 71.0 Å². The first-order valence-electron chi connectivity index (χ1n) is 7.12. The van der Waals surface area contributed by atoms with Gasteiger partial charge in [-0.2, -0.15) is 0 Å². The number of hydrogen-bond acceptors (Lipinski definition) is 4. The van der Waals surface area contributed by atoms with E-state index in [2.05, 4.69) is 5.32 Å². The fraction of sp³-hybridized carbons (Fsp3) is 0.923. The number of likely N-dealkylation sites (tertiary alicyclic amines) is 1. The third-order valence-electron chi connectivity index (χ3n) is 4.33. The monoisotopic (exact) mass is 270 g/mol. The maximum Gasteiger partial charge on any atom is 0.317 e. The first-order chi connectivity index (χ1) is 9.16. The van der Waals surface area contributed by atoms with Crippen LogP contribution in [-0.4, -0.2) is 66.7 Å². The summed E-state index contributed by atoms with van der Waals surface area (Å²) in [6, 6.07) is 0.210. The van der Waals surface area contributed by atoms with Gasteiger partial charge in [-0.15, -0.1) is 0 Å². The Morgan fingerprint density at radius 2 is 2.42 bits per heavy atom. The van der Waals surface area contributed by atoms with Crippen LogP contribution in [0.4, 0.5) is 4.79 Å². The molecule has 3 rings (SSSR count). The molecule has 0 saturated carbocycles. The lowest BCUT2D eigenvalue weighted by atomic mass is 9.93. The molecule has 2 amide bonds. The van der Waals surface area contributed by atoms with Crippen molar-refractivity contribution in [1.29, 1.82) is 0 Å². The Hall–Kier alpha value is -0.850. The van der Waals surface area contributed by atoms with Gasteiger partial charge in [0, 0.05) is 19.7 Å². The molecule has 3 aliphatic heterocycles. The van der Waals surface area contributed by atoms with E-state index in [0.29, 0.717) is 32.7 Å². The van der Waals surface area contributed by atoms with Crippen molar-refractivity contribution in [2.24, 2.45) is 0 Å². The Morgan fingerprint density at radius 1 is 1.53 bits per heavy atom. The molecule has 1 unspecified atom stereocenters. The fourth-order valence-electron chi connectivity index (χ4n) is 3.19. The van der Waals surface area contributed by atoms with Gasteiger partial charge in [-0.25, -0.2) is 4.79 Å². The van der Waals surface area contributed by atoms with Crippen LogP contribution >= 0.6 is 0 Å². The number of rotatable bonds is 3. The summed E-state index contributed by atoms with van der Waals surface area (Å²) < 4.78 is 10.8. The van der Waals surface area contributed by atoms with Crippen molar-refractivity contribution in [2.75, 3.05) is 32.9 Å². The first-order valence-corrected chi connectivity index (χ1v) is 7.12. The molecule has 108 valence electrons. The summed E-state index contributed by atoms with van der Waals surface area (Å²) in [4.78, 5) is 13.9. The number of nitrogens with one attached hydrogen (secondary N) is 1. The van der Waals surface area contributed by atoms with Crippen molar-refractivity contribution < 1.29 is 19.4 Å². The summed E-state index contributed by atoms with van der Waals surface area (Å²) in [5, 5.41) is 13.1. The highest BCUT2D eigenvalue weighted by molar-refractivity contribution is 5.75. The summed E-state index contributed by atoms with van der Waals surface area (Å²) >= 11 is 0. The maximum absolute atomic E-state index is 12.0. The normalized spacial score (nSPS) is 37.6. The number of aliphatic hydroxyl groups is 1. The van der Waals surface area contributed by atoms with Crippen molar-refractivity contribution in [3.63, 3.8) is 0 Å². The lowest BCUT2D eigenvalue weighted by molar-refractivity contribution is -0.0887. The molecule has 3 saturated heterocycles. The zero-order valence-electron chi connectivity index (χ0n) is 11.1. The van der Waals surface area contributed by atoms with Gasteiger partial charge in [0.25, 0.3) is 0 Å². The number of fused-ring (bicyclic) bond motifs is 2. The van der Waals surface area contributed by atoms with E-state index in [1.54, 1.807) is 0 Å². The zero-order chi connectivity index (χ0) is 13.3. The Morgan fingerprint density at radius 3 is 3.05 bits per heavy atom. The molecule has 0 spiro atoms. The van der Waals surface area contributed by atoms with Crippen LogP contribution in [0.3, 0.4) is 0 Å². The predicted octanol–water partition coefficient (Wildman–Crippen LogP) is 0.101. The fourth-order valence-corrected chi connectivity index (χ4v) is 3.19. The second kappa shape index (κ2) is 5.26. The van der Waals surface area contributed by atoms with E-state index in [4.69, 9.17) is 9.47 Å². The minimum Gasteiger partial charge on any atom is -0.387 e. The van der Waals surface area contributed by atoms with Gasteiger partial charge in [-0.3, -0.25) is 0 Å². The number of carbonyl (C=O) groups excluding carboxylic acids is 1. The summed E-state index contributed by atoms with van der Waals surface area (Å²) in [6.45, 7) is 2.96. The Bertz CT molecular complexity index is 344. The van der Waals surface area contributed by atoms with Crippen LogP contribution < -0.4 is 5.32 Å². The van der Waals surface area contributed by atoms with E-state index in [1.807, 2.05) is 4.90 Å². The summed E-state index contributed by atoms with van der Waals surface area (Å²) in [6.07, 6.45) is 3.39. The van der Waals surface area contributed by atoms with Crippen LogP contribution in [0, 0.1) is 0 Å². The zero-order valence-corrected chi connectivity index (χ0v) is 11.1. The van der Waals surface area contributed by atoms with Crippen molar-refractivity contribution in [1.82, 2.24) is 10.2 Å². The number of amides is 2. The molecule has 3 fully saturated rings. The lowest BCUT2D eigenvalue weighted by Gasteiger charge is -2.32. The third kappa shape index (κ3) is 2.85. The van der Waals surface area contributed by atoms with Gasteiger partial charge in [-0.05, 0) is 25.7 Å². The van der Waals surface area contributed by atoms with Gasteiger partial charge in [0.1, 0.15) is 0 Å². The molecule has 0 aromatic carbocycles. The number of urea groups is 1. The number of ether oxygens (including phenoxy) is 2. The molecule has 19 heavy (non-hydrogen) atoms. The van der Waals surface area contributed by atoms with Crippen LogP contribution in [0.5, 0.6) is 0 Å². The average Bonchev–Trinajstić information content (AvgIpc) is 3.01. The molecular weight excluding hydrogens is 248 g/mol. The van der Waals surface area contributed by atoms with Gasteiger partial charge >= 0.3 is 6.03 Å². The van der Waals surface area contributed by atoms with Crippen molar-refractivity contribution in [3.05, 3.63) is 0 Å². The molecule has 3 aliphatic rings. The number of morpholine rings is 1. The molecule has 0 aromatic rings. The molecule has 6 nitrogen and oxygen atoms in total. The second-order valence-electron chi connectivity index (χ2n) is 5.86. The van der Waals surface area contributed by atoms with Crippen LogP contribution in [-0.2, 0) is 9.47 Å². The van der Waals surface area contributed by atoms with Crippen molar-refractivity contribution in [2.45, 2.75) is 43.4 Å². The molecule has 3 heterocycles. The number of carbonyl (C=O) groups is 1. The van der Waals surface area contributed by atoms with Gasteiger partial charge in [0.2, 0.25) is 0 Å². The van der Waals surface area contributed by atoms with Crippen LogP contribution in [0.25, 0.3) is 0 Å². The van der Waals surface area contributed by atoms with E-state index < -0.39 is 5.60 Å². The Balaban J connectivity index is 1.41. The molecular formula is C13H22N2O4. The highest BCUT2D eigenvalue weighted by Crippen LogP contribution is 2.27. The molecule has 6 heteroatoms. The van der Waals surface area contributed by atoms with Crippen molar-refractivity contribution in [3.8, 4) is 0 Å². The van der Waals surface area contributed by atoms with Gasteiger partial charge in [-0.1, -0.05) is 0 Å². The third-order valence-corrected chi connectivity index (χ3v) is 4.33. The van der Waals surface area contributed by atoms with Crippen LogP contribution in [0.2, 0.25) is 0 Å². The van der Waals surface area contributed by atoms with E-state index in [1.165, 1.54) is 0 Å². The summed E-state index contributed by atoms with van der Waals surface area (Å²) in [5.41, 5.74) is -0.765. The number of hydrogen-bond donors (Lipinski definition) is 2. The standard InChI is InChI=1S/C13H22N2O4/c16-12(15-7-11-6-10(15)8-19-11)14-4-3-13(17)2-1-5-18-9-13/h10-11,17H,1-9H2,(H,14,16)/t10-,11-,13?/m0/s1. The summed E-state index contributed by atoms with van der Waals surface area (Å²) in [7, 11) is 0. The van der Waals surface area contributed by atoms with Gasteiger partial charge in [0.05, 0.1) is 31.0 Å². The van der Waals surface area contributed by atoms with Gasteiger partial charge in [0.15, 0.2) is 0 Å². The average molecular weight is 270 g/mol. The molecule has 0 aromatic heterocycles. The Kier molecular flexibility index (Phi) is 3.64. The molecule has 0 radical (unpaired) electrons. The molecule has 3 atom stereocenters. The van der Waals surface area contributed by atoms with Crippen molar-refractivity contribution >= 4 is 6.03 Å². The number of nitrogens with zero attached hydrogens (tertiary/aromatic N) is 1. The minimum absolute atomic E-state index is 0.0314. The van der Waals surface area contributed by atoms with E-state index in [9.17, 15) is 9.90 Å². The van der Waals surface area contributed by atoms with Gasteiger partial charge < -0.3 is 24.8 Å². The van der Waals surface area contributed by atoms with E-state index in [-0.39, 0.29) is 18.2 Å². The minimum atomic E-state index is -0.765. The highest BCUT2D eigenvalue weighted by atomic mass is 16.5.